The number of anilines is 1. The van der Waals surface area contributed by atoms with Gasteiger partial charge in [0.15, 0.2) is 0 Å². The zero-order chi connectivity index (χ0) is 14.6. The number of nitrogens with zero attached hydrogens (tertiary/aromatic N) is 1. The van der Waals surface area contributed by atoms with Gasteiger partial charge >= 0.3 is 5.97 Å². The summed E-state index contributed by atoms with van der Waals surface area (Å²) in [4.78, 5) is 21.7. The minimum atomic E-state index is -1.01. The SMILES string of the molecule is Cc1cccc([N+](=O)[O-])c1NC(CC(C)C)C(=O)O. The van der Waals surface area contributed by atoms with Crippen LogP contribution in [-0.2, 0) is 4.79 Å². The number of hydrogen-bond acceptors (Lipinski definition) is 4. The zero-order valence-electron chi connectivity index (χ0n) is 11.2. The number of benzene rings is 1. The number of nitro groups is 1. The van der Waals surface area contributed by atoms with Gasteiger partial charge < -0.3 is 10.4 Å². The Hall–Kier alpha value is -2.11. The van der Waals surface area contributed by atoms with Gasteiger partial charge in [0.25, 0.3) is 5.69 Å². The third-order valence-electron chi connectivity index (χ3n) is 2.77. The van der Waals surface area contributed by atoms with Gasteiger partial charge in [0, 0.05) is 6.07 Å². The average Bonchev–Trinajstić information content (AvgIpc) is 2.29. The topological polar surface area (TPSA) is 92.5 Å². The van der Waals surface area contributed by atoms with Gasteiger partial charge in [-0.25, -0.2) is 4.79 Å². The molecule has 1 aromatic carbocycles. The van der Waals surface area contributed by atoms with Gasteiger partial charge in [0.1, 0.15) is 11.7 Å². The molecule has 0 spiro atoms. The minimum Gasteiger partial charge on any atom is -0.480 e. The molecular weight excluding hydrogens is 248 g/mol. The maximum atomic E-state index is 11.2. The first-order chi connectivity index (χ1) is 8.82. The van der Waals surface area contributed by atoms with Gasteiger partial charge in [-0.1, -0.05) is 26.0 Å². The second-order valence-electron chi connectivity index (χ2n) is 4.89. The number of aliphatic carboxylic acids is 1. The maximum absolute atomic E-state index is 11.2. The van der Waals surface area contributed by atoms with E-state index < -0.39 is 16.9 Å². The molecule has 1 atom stereocenters. The molecular formula is C13H18N2O4. The van der Waals surface area contributed by atoms with Crippen LogP contribution < -0.4 is 5.32 Å². The van der Waals surface area contributed by atoms with Gasteiger partial charge in [-0.3, -0.25) is 10.1 Å². The lowest BCUT2D eigenvalue weighted by Gasteiger charge is -2.18. The highest BCUT2D eigenvalue weighted by atomic mass is 16.6. The van der Waals surface area contributed by atoms with Crippen LogP contribution in [0.5, 0.6) is 0 Å². The van der Waals surface area contributed by atoms with Crippen molar-refractivity contribution < 1.29 is 14.8 Å². The molecule has 6 heteroatoms. The minimum absolute atomic E-state index is 0.102. The van der Waals surface area contributed by atoms with Gasteiger partial charge in [0.05, 0.1) is 4.92 Å². The fourth-order valence-electron chi connectivity index (χ4n) is 1.86. The van der Waals surface area contributed by atoms with Crippen molar-refractivity contribution >= 4 is 17.3 Å². The number of carbonyl (C=O) groups is 1. The van der Waals surface area contributed by atoms with Crippen molar-refractivity contribution in [3.8, 4) is 0 Å². The van der Waals surface area contributed by atoms with E-state index in [9.17, 15) is 20.0 Å². The van der Waals surface area contributed by atoms with Gasteiger partial charge in [0.2, 0.25) is 0 Å². The Kier molecular flexibility index (Phi) is 4.86. The van der Waals surface area contributed by atoms with Crippen molar-refractivity contribution in [3.63, 3.8) is 0 Å². The van der Waals surface area contributed by atoms with E-state index in [0.717, 1.165) is 0 Å². The molecule has 0 amide bonds. The van der Waals surface area contributed by atoms with Gasteiger partial charge in [-0.15, -0.1) is 0 Å². The second kappa shape index (κ2) is 6.17. The Morgan fingerprint density at radius 2 is 2.11 bits per heavy atom. The summed E-state index contributed by atoms with van der Waals surface area (Å²) in [6.45, 7) is 5.53. The number of nitro benzene ring substituents is 1. The maximum Gasteiger partial charge on any atom is 0.326 e. The Balaban J connectivity index is 3.08. The summed E-state index contributed by atoms with van der Waals surface area (Å²) in [6, 6.07) is 3.82. The van der Waals surface area contributed by atoms with Crippen molar-refractivity contribution in [1.29, 1.82) is 0 Å². The van der Waals surface area contributed by atoms with Crippen LogP contribution in [0.3, 0.4) is 0 Å². The Labute approximate surface area is 111 Å². The van der Waals surface area contributed by atoms with Gasteiger partial charge in [-0.2, -0.15) is 0 Å². The van der Waals surface area contributed by atoms with E-state index in [1.54, 1.807) is 19.1 Å². The number of rotatable bonds is 6. The van der Waals surface area contributed by atoms with Crippen molar-refractivity contribution in [2.24, 2.45) is 5.92 Å². The van der Waals surface area contributed by atoms with Crippen molar-refractivity contribution in [1.82, 2.24) is 0 Å². The molecule has 0 aliphatic rings. The average molecular weight is 266 g/mol. The predicted molar refractivity (Wildman–Crippen MR) is 72.3 cm³/mol. The van der Waals surface area contributed by atoms with Crippen LogP contribution in [0.1, 0.15) is 25.8 Å². The Morgan fingerprint density at radius 1 is 1.47 bits per heavy atom. The standard InChI is InChI=1S/C13H18N2O4/c1-8(2)7-10(13(16)17)14-12-9(3)5-4-6-11(12)15(18)19/h4-6,8,10,14H,7H2,1-3H3,(H,16,17). The molecule has 1 rings (SSSR count). The highest BCUT2D eigenvalue weighted by Gasteiger charge is 2.23. The molecule has 6 nitrogen and oxygen atoms in total. The number of nitrogens with one attached hydrogen (secondary N) is 1. The lowest BCUT2D eigenvalue weighted by Crippen LogP contribution is -2.31. The molecule has 0 aliphatic carbocycles. The van der Waals surface area contributed by atoms with E-state index in [0.29, 0.717) is 12.0 Å². The van der Waals surface area contributed by atoms with E-state index in [4.69, 9.17) is 0 Å². The number of aryl methyl sites for hydroxylation is 1. The molecule has 0 saturated heterocycles. The van der Waals surface area contributed by atoms with Crippen LogP contribution in [0.4, 0.5) is 11.4 Å². The normalized spacial score (nSPS) is 12.2. The Bertz CT molecular complexity index is 486. The van der Waals surface area contributed by atoms with E-state index in [-0.39, 0.29) is 17.3 Å². The molecule has 1 unspecified atom stereocenters. The van der Waals surface area contributed by atoms with E-state index >= 15 is 0 Å². The summed E-state index contributed by atoms with van der Waals surface area (Å²) < 4.78 is 0. The van der Waals surface area contributed by atoms with Crippen LogP contribution in [0.25, 0.3) is 0 Å². The first kappa shape index (κ1) is 14.9. The molecule has 19 heavy (non-hydrogen) atoms. The monoisotopic (exact) mass is 266 g/mol. The number of hydrogen-bond donors (Lipinski definition) is 2. The fraction of sp³-hybridized carbons (Fsp3) is 0.462. The lowest BCUT2D eigenvalue weighted by molar-refractivity contribution is -0.384. The van der Waals surface area contributed by atoms with Crippen LogP contribution in [0.2, 0.25) is 0 Å². The van der Waals surface area contributed by atoms with E-state index in [2.05, 4.69) is 5.32 Å². The molecule has 0 bridgehead atoms. The van der Waals surface area contributed by atoms with Crippen LogP contribution in [0.15, 0.2) is 18.2 Å². The summed E-state index contributed by atoms with van der Waals surface area (Å²) >= 11 is 0. The number of para-hydroxylation sites is 1. The first-order valence-corrected chi connectivity index (χ1v) is 6.06. The smallest absolute Gasteiger partial charge is 0.326 e. The largest absolute Gasteiger partial charge is 0.480 e. The highest BCUT2D eigenvalue weighted by molar-refractivity contribution is 5.79. The molecule has 0 heterocycles. The quantitative estimate of drug-likeness (QED) is 0.610. The molecule has 0 aliphatic heterocycles. The van der Waals surface area contributed by atoms with Crippen molar-refractivity contribution in [2.45, 2.75) is 33.2 Å². The Morgan fingerprint density at radius 3 is 2.58 bits per heavy atom. The molecule has 0 radical (unpaired) electrons. The number of carboxylic acid groups (broad SMARTS) is 1. The lowest BCUT2D eigenvalue weighted by atomic mass is 10.0. The second-order valence-corrected chi connectivity index (χ2v) is 4.89. The molecule has 0 aromatic heterocycles. The van der Waals surface area contributed by atoms with E-state index in [1.165, 1.54) is 6.07 Å². The first-order valence-electron chi connectivity index (χ1n) is 6.06. The molecule has 2 N–H and O–H groups in total. The van der Waals surface area contributed by atoms with Crippen LogP contribution >= 0.6 is 0 Å². The predicted octanol–water partition coefficient (Wildman–Crippen LogP) is 2.81. The summed E-state index contributed by atoms with van der Waals surface area (Å²) in [5, 5.41) is 22.9. The van der Waals surface area contributed by atoms with E-state index in [1.807, 2.05) is 13.8 Å². The van der Waals surface area contributed by atoms with Crippen LogP contribution in [0, 0.1) is 23.0 Å². The molecule has 0 fully saturated rings. The summed E-state index contributed by atoms with van der Waals surface area (Å²) in [6.07, 6.45) is 0.404. The fourth-order valence-corrected chi connectivity index (χ4v) is 1.86. The summed E-state index contributed by atoms with van der Waals surface area (Å²) in [5.41, 5.74) is 0.833. The molecule has 104 valence electrons. The third-order valence-corrected chi connectivity index (χ3v) is 2.77. The van der Waals surface area contributed by atoms with Crippen molar-refractivity contribution in [2.75, 3.05) is 5.32 Å². The van der Waals surface area contributed by atoms with Crippen LogP contribution in [-0.4, -0.2) is 22.0 Å². The molecule has 0 saturated carbocycles. The molecule has 1 aromatic rings. The zero-order valence-corrected chi connectivity index (χ0v) is 11.2. The number of carboxylic acids is 1. The van der Waals surface area contributed by atoms with Crippen molar-refractivity contribution in [3.05, 3.63) is 33.9 Å². The van der Waals surface area contributed by atoms with Gasteiger partial charge in [-0.05, 0) is 24.8 Å². The summed E-state index contributed by atoms with van der Waals surface area (Å²) in [5.74, 6) is -0.831. The summed E-state index contributed by atoms with van der Waals surface area (Å²) in [7, 11) is 0. The third kappa shape index (κ3) is 3.94. The highest BCUT2D eigenvalue weighted by Crippen LogP contribution is 2.29.